The van der Waals surface area contributed by atoms with Crippen LogP contribution in [-0.4, -0.2) is 532 Å². The molecule has 5 aliphatic carbocycles. The zero-order valence-electron chi connectivity index (χ0n) is 82.0. The lowest BCUT2D eigenvalue weighted by atomic mass is 9.33. The van der Waals surface area contributed by atoms with E-state index in [4.69, 9.17) is 104 Å². The molecule has 60 atom stereocenters. The standard InChI is InChI=1S/C93H152O52/c1-30-46(99)53(106)62(115)76(129-30)126-27-40-50(103)55(108)64(117)82(136-40)141-73-38(23-95)133-81(68(121)59(73)112)135-42-29-128-78(61(114)52(42)105)143-74-48(101)35(97)26-125-86(74)144-75-49(102)36(98)25-124-85(75)139-70-32(3)131-79(67(120)57(70)110)138-45-14-15-90(8)43(89(45,6)7)13-16-92(10)44(90)12-11-33-34-21-88(4,5)17-19-93(34,20-18-91(33,92)9)87(123)145-84-65(118)56(109)51(104)41(137-84)28-127-77-66(119)58(111)71(37(22-94)132-77)142-83-69(122)60(113)72(39(24-96)134-83)140-80-63(116)54(107)47(100)31(2)130-80/h11,30-32,34-86,94-122H,12-29H2,1-10H3/t30-,31+,32-,34?,35-,36-,37+,38-,39+,40-,41+,42-,43?,44?,45+,46+,47+,48-,49-,50-,51+,52-,53-,54+,55-,56+,57+,58-,59+,60-,61-,62-,63+,64-,65+,66+,67-,68-,69+,70+,71+,72+,73-,74-,75-,76-,77-,78+,79+,80-,81+,82+,83-,84-,85+,86+,90?,91?,92?,93?/m1/s1. The lowest BCUT2D eigenvalue weighted by molar-refractivity contribution is -0.392. The van der Waals surface area contributed by atoms with Crippen LogP contribution < -0.4 is 0 Å². The average molecular weight is 2100 g/mol. The molecule has 16 rings (SSSR count). The maximum Gasteiger partial charge on any atom is 0.315 e. The predicted octanol–water partition coefficient (Wildman–Crippen LogP) is -12.3. The van der Waals surface area contributed by atoms with Gasteiger partial charge >= 0.3 is 5.97 Å². The van der Waals surface area contributed by atoms with Crippen molar-refractivity contribution in [1.29, 1.82) is 0 Å². The minimum Gasteiger partial charge on any atom is -0.432 e. The summed E-state index contributed by atoms with van der Waals surface area (Å²) < 4.78 is 130. The van der Waals surface area contributed by atoms with E-state index in [1.807, 2.05) is 0 Å². The Bertz CT molecular complexity index is 4250. The Morgan fingerprint density at radius 1 is 0.331 bits per heavy atom. The Labute approximate surface area is 833 Å². The van der Waals surface area contributed by atoms with Crippen LogP contribution in [-0.2, 0) is 109 Å². The monoisotopic (exact) mass is 2100 g/mol. The molecule has 0 amide bonds. The lowest BCUT2D eigenvalue weighted by Gasteiger charge is -2.71. The van der Waals surface area contributed by atoms with Gasteiger partial charge in [0.2, 0.25) is 6.29 Å². The Kier molecular flexibility index (Phi) is 35.7. The van der Waals surface area contributed by atoms with Gasteiger partial charge in [-0.3, -0.25) is 4.79 Å². The van der Waals surface area contributed by atoms with Gasteiger partial charge in [-0.05, 0) is 130 Å². The third-order valence-electron chi connectivity index (χ3n) is 34.9. The molecule has 0 aromatic heterocycles. The third-order valence-corrected chi connectivity index (χ3v) is 34.9. The van der Waals surface area contributed by atoms with Crippen LogP contribution in [0.3, 0.4) is 0 Å². The van der Waals surface area contributed by atoms with Gasteiger partial charge in [0.15, 0.2) is 62.9 Å². The number of ether oxygens (including phenoxy) is 22. The second-order valence-electron chi connectivity index (χ2n) is 44.6. The van der Waals surface area contributed by atoms with Crippen molar-refractivity contribution < 1.29 is 257 Å². The zero-order chi connectivity index (χ0) is 105. The van der Waals surface area contributed by atoms with Gasteiger partial charge in [-0.15, -0.1) is 0 Å². The summed E-state index contributed by atoms with van der Waals surface area (Å²) in [6.45, 7) is 13.6. The Morgan fingerprint density at radius 2 is 0.710 bits per heavy atom. The van der Waals surface area contributed by atoms with E-state index in [9.17, 15) is 148 Å². The van der Waals surface area contributed by atoms with Gasteiger partial charge < -0.3 is 252 Å². The van der Waals surface area contributed by atoms with Gasteiger partial charge in [0.05, 0.1) is 82.7 Å². The van der Waals surface area contributed by atoms with Gasteiger partial charge in [0, 0.05) is 0 Å². The first kappa shape index (κ1) is 115. The fourth-order valence-corrected chi connectivity index (χ4v) is 25.7. The molecule has 11 saturated heterocycles. The molecule has 11 heterocycles. The number of hydrogen-bond donors (Lipinski definition) is 29. The highest BCUT2D eigenvalue weighted by molar-refractivity contribution is 5.79. The number of carbonyl (C=O) groups is 1. The number of fused-ring (bicyclic) bond motifs is 7. The number of hydrogen-bond acceptors (Lipinski definition) is 52. The molecule has 836 valence electrons. The Morgan fingerprint density at radius 3 is 1.23 bits per heavy atom. The van der Waals surface area contributed by atoms with Crippen molar-refractivity contribution in [3.8, 4) is 0 Å². The number of aliphatic hydroxyl groups excluding tert-OH is 29. The minimum atomic E-state index is -2.15. The van der Waals surface area contributed by atoms with E-state index < -0.39 is 401 Å². The lowest BCUT2D eigenvalue weighted by Crippen LogP contribution is -2.67. The van der Waals surface area contributed by atoms with Crippen LogP contribution in [0.1, 0.15) is 133 Å². The van der Waals surface area contributed by atoms with Crippen molar-refractivity contribution >= 4 is 5.97 Å². The number of esters is 1. The van der Waals surface area contributed by atoms with E-state index in [1.54, 1.807) is 6.92 Å². The van der Waals surface area contributed by atoms with Crippen molar-refractivity contribution in [3.05, 3.63) is 11.6 Å². The number of rotatable bonds is 27. The summed E-state index contributed by atoms with van der Waals surface area (Å²) in [6, 6.07) is 0. The van der Waals surface area contributed by atoms with Gasteiger partial charge in [-0.2, -0.15) is 0 Å². The fraction of sp³-hybridized carbons (Fsp3) is 0.968. The van der Waals surface area contributed by atoms with Gasteiger partial charge in [0.1, 0.15) is 232 Å². The van der Waals surface area contributed by atoms with Crippen molar-refractivity contribution in [2.45, 2.75) is 459 Å². The van der Waals surface area contributed by atoms with E-state index >= 15 is 4.79 Å². The molecule has 15 fully saturated rings. The van der Waals surface area contributed by atoms with E-state index in [0.717, 1.165) is 18.4 Å². The van der Waals surface area contributed by atoms with Crippen LogP contribution in [0.4, 0.5) is 0 Å². The van der Waals surface area contributed by atoms with E-state index in [1.165, 1.54) is 13.8 Å². The third kappa shape index (κ3) is 21.4. The molecule has 0 aromatic carbocycles. The fourth-order valence-electron chi connectivity index (χ4n) is 25.7. The maximum absolute atomic E-state index is 15.5. The Hall–Kier alpha value is -2.79. The minimum absolute atomic E-state index is 0.0170. The molecule has 52 nitrogen and oxygen atoms in total. The van der Waals surface area contributed by atoms with Crippen LogP contribution in [0, 0.1) is 50.2 Å². The summed E-state index contributed by atoms with van der Waals surface area (Å²) in [5, 5.41) is 321. The van der Waals surface area contributed by atoms with Crippen LogP contribution in [0.25, 0.3) is 0 Å². The predicted molar refractivity (Wildman–Crippen MR) is 469 cm³/mol. The summed E-state index contributed by atoms with van der Waals surface area (Å²) in [5.41, 5.74) is -2.05. The molecule has 52 heteroatoms. The van der Waals surface area contributed by atoms with Crippen LogP contribution in [0.2, 0.25) is 0 Å². The van der Waals surface area contributed by atoms with Crippen molar-refractivity contribution in [1.82, 2.24) is 0 Å². The van der Waals surface area contributed by atoms with Crippen LogP contribution in [0.5, 0.6) is 0 Å². The summed E-state index contributed by atoms with van der Waals surface area (Å²) in [4.78, 5) is 15.5. The zero-order valence-corrected chi connectivity index (χ0v) is 82.0. The topological polar surface area (TPSA) is 807 Å². The maximum atomic E-state index is 15.5. The molecule has 4 saturated carbocycles. The van der Waals surface area contributed by atoms with E-state index in [-0.39, 0.29) is 34.0 Å². The van der Waals surface area contributed by atoms with Crippen molar-refractivity contribution in [2.75, 3.05) is 52.9 Å². The highest BCUT2D eigenvalue weighted by Crippen LogP contribution is 2.76. The highest BCUT2D eigenvalue weighted by atomic mass is 16.8. The first-order valence-electron chi connectivity index (χ1n) is 50.2. The van der Waals surface area contributed by atoms with Crippen molar-refractivity contribution in [3.63, 3.8) is 0 Å². The number of allylic oxidation sites excluding steroid dienone is 2. The normalized spacial score (nSPS) is 54.9. The van der Waals surface area contributed by atoms with Gasteiger partial charge in [-0.25, -0.2) is 0 Å². The van der Waals surface area contributed by atoms with Crippen LogP contribution in [0.15, 0.2) is 11.6 Å². The first-order valence-corrected chi connectivity index (χ1v) is 50.2. The number of carbonyl (C=O) groups excluding carboxylic acids is 1. The first-order chi connectivity index (χ1) is 68.2. The van der Waals surface area contributed by atoms with Crippen LogP contribution >= 0.6 is 0 Å². The van der Waals surface area contributed by atoms with E-state index in [0.29, 0.717) is 51.4 Å². The smallest absolute Gasteiger partial charge is 0.315 e. The second kappa shape index (κ2) is 45.1. The van der Waals surface area contributed by atoms with Crippen molar-refractivity contribution in [2.24, 2.45) is 50.2 Å². The summed E-state index contributed by atoms with van der Waals surface area (Å²) in [7, 11) is 0. The molecule has 145 heavy (non-hydrogen) atoms. The van der Waals surface area contributed by atoms with Gasteiger partial charge in [0.25, 0.3) is 0 Å². The SMILES string of the molecule is C[C@@H]1O[C@H](O[C@@H]2[C@H](O)[C@H](O)[C@@H](O[C@@H]3[C@H](O)[C@H](O)[C@H](OC[C@@H]4O[C@H](OC(=O)C56CCC(C)(C)CC5C5=CCC7C8(C)CC[C@H](O[C@@H]9O[C@H](C)[C@H](O[C@@H]%10OC[C@@H](O)[C@@H](O)[C@H]%10O[C@@H]%10OC[C@@H](O)[C@@H](O)[C@H]%10O[C@@H]%10OC[C@@H](O[C@@H]%11O[C@H](CO)[C@@H](O[C@@H]%12O[C@H](CO[C@@H]%13O[C@H](C)[C@H](O)[C@@H](O)[C@H]%13O)[C@@H](O)[C@@H](O)[C@H]%12O)[C@@H](O)[C@H]%11O)[C@@H](O)[C@H]%10O)[C@@H](O)[C@H]9O)C(C)(C)C8CCC7(C)C5(C)CC6)[C@@H](O)[C@@H](O)[C@H]4O)O[C@H]3CO)O[C@H]2CO)[C@@H](O)[C@@H](O)[C@H]1O. The molecular weight excluding hydrogens is 1950 g/mol. The summed E-state index contributed by atoms with van der Waals surface area (Å²) in [6.07, 6.45) is -84.9. The average Bonchev–Trinajstić information content (AvgIpc) is 0.671. The molecular formula is C93H152O52. The highest BCUT2D eigenvalue weighted by Gasteiger charge is 2.72. The molecule has 11 aliphatic heterocycles. The summed E-state index contributed by atoms with van der Waals surface area (Å²) >= 11 is 0. The molecule has 0 bridgehead atoms. The Balaban J connectivity index is 0.518. The molecule has 16 aliphatic rings. The van der Waals surface area contributed by atoms with E-state index in [2.05, 4.69) is 54.5 Å². The molecule has 29 N–H and O–H groups in total. The second-order valence-corrected chi connectivity index (χ2v) is 44.6. The largest absolute Gasteiger partial charge is 0.432 e. The molecule has 0 radical (unpaired) electrons. The molecule has 0 spiro atoms. The molecule has 0 aromatic rings. The number of aliphatic hydroxyl groups is 29. The molecule has 7 unspecified atom stereocenters. The quantitative estimate of drug-likeness (QED) is 0.0206. The van der Waals surface area contributed by atoms with Gasteiger partial charge in [-0.1, -0.05) is 60.1 Å². The summed E-state index contributed by atoms with van der Waals surface area (Å²) in [5.74, 6) is -0.951.